The van der Waals surface area contributed by atoms with Crippen molar-refractivity contribution in [3.63, 3.8) is 0 Å². The maximum atomic E-state index is 12.7. The Bertz CT molecular complexity index is 352. The lowest BCUT2D eigenvalue weighted by atomic mass is 9.98. The number of carbonyl (C=O) groups is 1. The van der Waals surface area contributed by atoms with Gasteiger partial charge in [-0.3, -0.25) is 9.69 Å². The van der Waals surface area contributed by atoms with Crippen molar-refractivity contribution in [2.45, 2.75) is 69.9 Å². The van der Waals surface area contributed by atoms with Gasteiger partial charge in [0.1, 0.15) is 0 Å². The van der Waals surface area contributed by atoms with Crippen LogP contribution in [-0.4, -0.2) is 54.0 Å². The van der Waals surface area contributed by atoms with Crippen molar-refractivity contribution in [3.8, 4) is 0 Å². The van der Waals surface area contributed by atoms with Crippen molar-refractivity contribution >= 4 is 5.91 Å². The minimum atomic E-state index is 0.105. The van der Waals surface area contributed by atoms with E-state index < -0.39 is 0 Å². The van der Waals surface area contributed by atoms with Gasteiger partial charge in [-0.15, -0.1) is 0 Å². The van der Waals surface area contributed by atoms with Crippen molar-refractivity contribution in [1.29, 1.82) is 0 Å². The molecule has 1 amide bonds. The van der Waals surface area contributed by atoms with Gasteiger partial charge in [0.25, 0.3) is 0 Å². The molecule has 3 rings (SSSR count). The maximum Gasteiger partial charge on any atom is 0.227 e. The van der Waals surface area contributed by atoms with E-state index in [2.05, 4.69) is 9.80 Å². The molecule has 1 aliphatic carbocycles. The van der Waals surface area contributed by atoms with Crippen LogP contribution in [0.25, 0.3) is 0 Å². The molecule has 4 nitrogen and oxygen atoms in total. The summed E-state index contributed by atoms with van der Waals surface area (Å²) >= 11 is 0. The molecule has 0 aromatic rings. The summed E-state index contributed by atoms with van der Waals surface area (Å²) < 4.78 is 0. The Balaban J connectivity index is 1.58. The number of likely N-dealkylation sites (tertiary alicyclic amines) is 2. The Labute approximate surface area is 129 Å². The summed E-state index contributed by atoms with van der Waals surface area (Å²) in [7, 11) is 0. The fraction of sp³-hybridized carbons (Fsp3) is 0.941. The third kappa shape index (κ3) is 3.59. The Kier molecular flexibility index (Phi) is 5.17. The van der Waals surface area contributed by atoms with E-state index in [9.17, 15) is 4.79 Å². The normalized spacial score (nSPS) is 35.7. The molecule has 3 fully saturated rings. The lowest BCUT2D eigenvalue weighted by Gasteiger charge is -2.40. The van der Waals surface area contributed by atoms with Crippen LogP contribution in [0, 0.1) is 5.92 Å². The van der Waals surface area contributed by atoms with Gasteiger partial charge in [0.15, 0.2) is 0 Å². The summed E-state index contributed by atoms with van der Waals surface area (Å²) in [5.74, 6) is 0.451. The zero-order chi connectivity index (χ0) is 14.7. The van der Waals surface area contributed by atoms with E-state index in [1.165, 1.54) is 45.2 Å². The number of carbonyl (C=O) groups excluding carboxylic acids is 1. The van der Waals surface area contributed by atoms with Gasteiger partial charge in [-0.25, -0.2) is 0 Å². The zero-order valence-corrected chi connectivity index (χ0v) is 13.3. The van der Waals surface area contributed by atoms with Crippen LogP contribution in [0.2, 0.25) is 0 Å². The molecule has 0 unspecified atom stereocenters. The van der Waals surface area contributed by atoms with Crippen LogP contribution < -0.4 is 5.73 Å². The quantitative estimate of drug-likeness (QED) is 0.847. The van der Waals surface area contributed by atoms with Crippen LogP contribution in [-0.2, 0) is 4.79 Å². The third-order valence-electron chi connectivity index (χ3n) is 5.75. The number of hydrogen-bond donors (Lipinski definition) is 1. The second-order valence-corrected chi connectivity index (χ2v) is 7.23. The first kappa shape index (κ1) is 15.3. The highest BCUT2D eigenvalue weighted by atomic mass is 16.2. The number of nitrogens with two attached hydrogens (primary N) is 1. The van der Waals surface area contributed by atoms with Gasteiger partial charge in [0.05, 0.1) is 5.92 Å². The first-order valence-electron chi connectivity index (χ1n) is 9.04. The minimum absolute atomic E-state index is 0.105. The number of amides is 1. The van der Waals surface area contributed by atoms with Crippen LogP contribution in [0.15, 0.2) is 0 Å². The molecule has 0 radical (unpaired) electrons. The first-order chi connectivity index (χ1) is 10.3. The van der Waals surface area contributed by atoms with Gasteiger partial charge in [0, 0.05) is 25.2 Å². The predicted molar refractivity (Wildman–Crippen MR) is 85.0 cm³/mol. The highest BCUT2D eigenvalue weighted by Gasteiger charge is 2.36. The van der Waals surface area contributed by atoms with Gasteiger partial charge in [-0.05, 0) is 51.6 Å². The van der Waals surface area contributed by atoms with E-state index in [1.54, 1.807) is 0 Å². The molecule has 4 heteroatoms. The SMILES string of the molecule is N[C@@H]1CCC[C@@H]1C(=O)N1CCC[C@@H](N2CCCCCC2)C1. The molecule has 2 saturated heterocycles. The van der Waals surface area contributed by atoms with Crippen LogP contribution in [0.1, 0.15) is 57.8 Å². The molecule has 2 N–H and O–H groups in total. The smallest absolute Gasteiger partial charge is 0.227 e. The summed E-state index contributed by atoms with van der Waals surface area (Å²) in [5.41, 5.74) is 6.13. The number of hydrogen-bond acceptors (Lipinski definition) is 3. The molecule has 3 atom stereocenters. The van der Waals surface area contributed by atoms with Gasteiger partial charge < -0.3 is 10.6 Å². The molecule has 2 aliphatic heterocycles. The van der Waals surface area contributed by atoms with Crippen LogP contribution in [0.5, 0.6) is 0 Å². The molecule has 0 aromatic carbocycles. The van der Waals surface area contributed by atoms with E-state index in [1.807, 2.05) is 0 Å². The number of piperidine rings is 1. The Morgan fingerprint density at radius 3 is 2.29 bits per heavy atom. The standard InChI is InChI=1S/C17H31N3O/c18-16-9-5-8-15(16)17(21)20-12-6-7-14(13-20)19-10-3-1-2-4-11-19/h14-16H,1-13,18H2/t14-,15+,16-/m1/s1. The summed E-state index contributed by atoms with van der Waals surface area (Å²) in [5, 5.41) is 0. The molecule has 120 valence electrons. The highest BCUT2D eigenvalue weighted by molar-refractivity contribution is 5.80. The van der Waals surface area contributed by atoms with E-state index >= 15 is 0 Å². The van der Waals surface area contributed by atoms with Crippen molar-refractivity contribution in [2.75, 3.05) is 26.2 Å². The molecule has 1 saturated carbocycles. The molecule has 21 heavy (non-hydrogen) atoms. The van der Waals surface area contributed by atoms with Crippen molar-refractivity contribution < 1.29 is 4.79 Å². The zero-order valence-electron chi connectivity index (χ0n) is 13.3. The Morgan fingerprint density at radius 1 is 0.857 bits per heavy atom. The fourth-order valence-corrected chi connectivity index (χ4v) is 4.44. The van der Waals surface area contributed by atoms with Gasteiger partial charge in [0.2, 0.25) is 5.91 Å². The second kappa shape index (κ2) is 7.10. The summed E-state index contributed by atoms with van der Waals surface area (Å²) in [6.07, 6.45) is 11.0. The van der Waals surface area contributed by atoms with Crippen LogP contribution >= 0.6 is 0 Å². The van der Waals surface area contributed by atoms with Crippen molar-refractivity contribution in [3.05, 3.63) is 0 Å². The average Bonchev–Trinajstić information content (AvgIpc) is 2.78. The Hall–Kier alpha value is -0.610. The van der Waals surface area contributed by atoms with E-state index in [0.29, 0.717) is 11.9 Å². The van der Waals surface area contributed by atoms with E-state index in [0.717, 1.165) is 38.8 Å². The average molecular weight is 293 g/mol. The monoisotopic (exact) mass is 293 g/mol. The summed E-state index contributed by atoms with van der Waals surface area (Å²) in [6.45, 7) is 4.36. The molecule has 2 heterocycles. The van der Waals surface area contributed by atoms with Crippen molar-refractivity contribution in [1.82, 2.24) is 9.80 Å². The van der Waals surface area contributed by atoms with Gasteiger partial charge >= 0.3 is 0 Å². The summed E-state index contributed by atoms with van der Waals surface area (Å²) in [4.78, 5) is 17.5. The topological polar surface area (TPSA) is 49.6 Å². The largest absolute Gasteiger partial charge is 0.341 e. The Morgan fingerprint density at radius 2 is 1.62 bits per heavy atom. The van der Waals surface area contributed by atoms with Gasteiger partial charge in [-0.1, -0.05) is 19.3 Å². The third-order valence-corrected chi connectivity index (χ3v) is 5.75. The predicted octanol–water partition coefficient (Wildman–Crippen LogP) is 1.98. The molecule has 0 bridgehead atoms. The first-order valence-corrected chi connectivity index (χ1v) is 9.04. The molecular weight excluding hydrogens is 262 g/mol. The number of rotatable bonds is 2. The molecule has 0 aromatic heterocycles. The van der Waals surface area contributed by atoms with Gasteiger partial charge in [-0.2, -0.15) is 0 Å². The maximum absolute atomic E-state index is 12.7. The lowest BCUT2D eigenvalue weighted by Crippen LogP contribution is -2.52. The summed E-state index contributed by atoms with van der Waals surface area (Å²) in [6, 6.07) is 0.703. The molecule has 0 spiro atoms. The second-order valence-electron chi connectivity index (χ2n) is 7.23. The van der Waals surface area contributed by atoms with Crippen molar-refractivity contribution in [2.24, 2.45) is 11.7 Å². The fourth-order valence-electron chi connectivity index (χ4n) is 4.44. The van der Waals surface area contributed by atoms with Crippen LogP contribution in [0.4, 0.5) is 0 Å². The highest BCUT2D eigenvalue weighted by Crippen LogP contribution is 2.28. The minimum Gasteiger partial charge on any atom is -0.341 e. The molecule has 3 aliphatic rings. The van der Waals surface area contributed by atoms with E-state index in [-0.39, 0.29) is 12.0 Å². The number of nitrogens with zero attached hydrogens (tertiary/aromatic N) is 2. The lowest BCUT2D eigenvalue weighted by molar-refractivity contribution is -0.137. The molecular formula is C17H31N3O. The van der Waals surface area contributed by atoms with E-state index in [4.69, 9.17) is 5.73 Å². The van der Waals surface area contributed by atoms with Crippen LogP contribution in [0.3, 0.4) is 0 Å².